The second-order valence-corrected chi connectivity index (χ2v) is 7.54. The van der Waals surface area contributed by atoms with Gasteiger partial charge in [0.15, 0.2) is 5.78 Å². The molecule has 0 heterocycles. The summed E-state index contributed by atoms with van der Waals surface area (Å²) in [6, 6.07) is 14.3. The first-order valence-electron chi connectivity index (χ1n) is 10.3. The van der Waals surface area contributed by atoms with E-state index in [9.17, 15) is 19.5 Å². The van der Waals surface area contributed by atoms with Gasteiger partial charge in [-0.25, -0.2) is 4.79 Å². The Bertz CT molecular complexity index is 921. The maximum Gasteiger partial charge on any atom is 0.328 e. The summed E-state index contributed by atoms with van der Waals surface area (Å²) >= 11 is 0. The SMILES string of the molecule is Cc1cc(C)c(C(=O)CC[NH2+]C(C)COc2ccccc2)cc1C.O=C([O-])/C=C/C(=O)O. The number of nitrogens with two attached hydrogens (primary N) is 1. The summed E-state index contributed by atoms with van der Waals surface area (Å²) in [6.07, 6.45) is 1.50. The van der Waals surface area contributed by atoms with Crippen LogP contribution < -0.4 is 15.2 Å². The number of aliphatic carboxylic acids is 2. The second-order valence-electron chi connectivity index (χ2n) is 7.54. The zero-order valence-electron chi connectivity index (χ0n) is 19.0. The standard InChI is InChI=1S/C21H27NO2.C4H4O4/c1-15-12-17(3)20(13-16(15)2)21(23)10-11-22-18(4)14-24-19-8-6-5-7-9-19;5-3(6)1-2-4(7)8/h5-9,12-13,18,22H,10-11,14H2,1-4H3;1-2H,(H,5,6)(H,7,8)/b;2-1+. The van der Waals surface area contributed by atoms with E-state index in [1.54, 1.807) is 0 Å². The molecule has 7 heteroatoms. The van der Waals surface area contributed by atoms with Crippen molar-refractivity contribution in [1.29, 1.82) is 0 Å². The summed E-state index contributed by atoms with van der Waals surface area (Å²) in [5.74, 6) is -1.69. The van der Waals surface area contributed by atoms with Crippen molar-refractivity contribution in [3.05, 3.63) is 76.9 Å². The normalized spacial score (nSPS) is 11.4. The molecule has 172 valence electrons. The molecule has 0 spiro atoms. The van der Waals surface area contributed by atoms with Crippen LogP contribution in [0.25, 0.3) is 0 Å². The molecule has 2 aromatic rings. The quantitative estimate of drug-likeness (QED) is 0.427. The smallest absolute Gasteiger partial charge is 0.328 e. The largest absolute Gasteiger partial charge is 0.545 e. The molecule has 2 rings (SSSR count). The fourth-order valence-corrected chi connectivity index (χ4v) is 2.85. The molecule has 7 nitrogen and oxygen atoms in total. The van der Waals surface area contributed by atoms with Gasteiger partial charge in [-0.15, -0.1) is 0 Å². The van der Waals surface area contributed by atoms with Gasteiger partial charge in [0.05, 0.1) is 18.9 Å². The molecule has 0 aliphatic heterocycles. The lowest BCUT2D eigenvalue weighted by Gasteiger charge is -2.13. The van der Waals surface area contributed by atoms with Crippen molar-refractivity contribution in [2.24, 2.45) is 0 Å². The van der Waals surface area contributed by atoms with Crippen molar-refractivity contribution in [3.63, 3.8) is 0 Å². The highest BCUT2D eigenvalue weighted by Crippen LogP contribution is 2.16. The van der Waals surface area contributed by atoms with Gasteiger partial charge in [0, 0.05) is 11.6 Å². The monoisotopic (exact) mass is 441 g/mol. The van der Waals surface area contributed by atoms with E-state index in [-0.39, 0.29) is 5.78 Å². The molecule has 0 saturated carbocycles. The van der Waals surface area contributed by atoms with Crippen LogP contribution in [0, 0.1) is 20.8 Å². The summed E-state index contributed by atoms with van der Waals surface area (Å²) in [5, 5.41) is 19.4. The molecule has 0 aliphatic carbocycles. The highest BCUT2D eigenvalue weighted by Gasteiger charge is 2.13. The summed E-state index contributed by atoms with van der Waals surface area (Å²) in [4.78, 5) is 31.4. The lowest BCUT2D eigenvalue weighted by Crippen LogP contribution is -2.90. The summed E-state index contributed by atoms with van der Waals surface area (Å²) < 4.78 is 5.74. The van der Waals surface area contributed by atoms with Crippen LogP contribution in [-0.2, 0) is 9.59 Å². The van der Waals surface area contributed by atoms with E-state index in [2.05, 4.69) is 32.2 Å². The number of ether oxygens (including phenoxy) is 1. The van der Waals surface area contributed by atoms with E-state index in [0.717, 1.165) is 23.4 Å². The lowest BCUT2D eigenvalue weighted by atomic mass is 9.97. The number of ketones is 1. The molecule has 0 aliphatic rings. The Labute approximate surface area is 188 Å². The zero-order valence-corrected chi connectivity index (χ0v) is 19.0. The highest BCUT2D eigenvalue weighted by molar-refractivity contribution is 5.97. The molecule has 1 atom stereocenters. The molecule has 32 heavy (non-hydrogen) atoms. The number of carbonyl (C=O) groups is 3. The minimum atomic E-state index is -1.51. The van der Waals surface area contributed by atoms with Crippen LogP contribution >= 0.6 is 0 Å². The van der Waals surface area contributed by atoms with Gasteiger partial charge in [-0.05, 0) is 68.7 Å². The minimum absolute atomic E-state index is 0.225. The number of carboxylic acid groups (broad SMARTS) is 2. The number of benzene rings is 2. The van der Waals surface area contributed by atoms with E-state index in [1.165, 1.54) is 11.1 Å². The van der Waals surface area contributed by atoms with Gasteiger partial charge in [-0.3, -0.25) is 4.79 Å². The third-order valence-electron chi connectivity index (χ3n) is 4.70. The van der Waals surface area contributed by atoms with Crippen LogP contribution in [0.3, 0.4) is 0 Å². The van der Waals surface area contributed by atoms with Crippen LogP contribution in [-0.4, -0.2) is 42.0 Å². The van der Waals surface area contributed by atoms with Gasteiger partial charge in [-0.1, -0.05) is 24.3 Å². The van der Waals surface area contributed by atoms with Gasteiger partial charge < -0.3 is 25.1 Å². The third kappa shape index (κ3) is 10.5. The molecular weight excluding hydrogens is 410 g/mol. The Hall–Kier alpha value is -3.45. The molecule has 1 unspecified atom stereocenters. The Balaban J connectivity index is 0.000000547. The zero-order chi connectivity index (χ0) is 24.1. The first-order chi connectivity index (χ1) is 15.1. The molecule has 2 aromatic carbocycles. The van der Waals surface area contributed by atoms with Gasteiger partial charge in [-0.2, -0.15) is 0 Å². The van der Waals surface area contributed by atoms with Crippen LogP contribution in [0.2, 0.25) is 0 Å². The average Bonchev–Trinajstić information content (AvgIpc) is 2.74. The predicted molar refractivity (Wildman–Crippen MR) is 120 cm³/mol. The Morgan fingerprint density at radius 1 is 1.03 bits per heavy atom. The van der Waals surface area contributed by atoms with E-state index in [0.29, 0.717) is 31.2 Å². The van der Waals surface area contributed by atoms with Crippen LogP contribution in [0.5, 0.6) is 5.75 Å². The van der Waals surface area contributed by atoms with Crippen molar-refractivity contribution in [1.82, 2.24) is 0 Å². The molecular formula is C25H31NO6. The summed E-state index contributed by atoms with van der Waals surface area (Å²) in [6.45, 7) is 9.69. The maximum absolute atomic E-state index is 12.4. The third-order valence-corrected chi connectivity index (χ3v) is 4.70. The summed E-state index contributed by atoms with van der Waals surface area (Å²) in [5.41, 5.74) is 4.35. The number of aryl methyl sites for hydroxylation is 3. The first-order valence-corrected chi connectivity index (χ1v) is 10.3. The van der Waals surface area contributed by atoms with E-state index in [4.69, 9.17) is 9.84 Å². The lowest BCUT2D eigenvalue weighted by molar-refractivity contribution is -0.685. The molecule has 0 saturated heterocycles. The number of quaternary nitrogens is 1. The number of hydrogen-bond donors (Lipinski definition) is 2. The van der Waals surface area contributed by atoms with Gasteiger partial charge in [0.2, 0.25) is 0 Å². The van der Waals surface area contributed by atoms with Gasteiger partial charge in [0.1, 0.15) is 18.4 Å². The second kappa shape index (κ2) is 13.8. The number of carbonyl (C=O) groups excluding carboxylic acids is 2. The summed E-state index contributed by atoms with van der Waals surface area (Å²) in [7, 11) is 0. The fourth-order valence-electron chi connectivity index (χ4n) is 2.85. The van der Waals surface area contributed by atoms with Crippen molar-refractivity contribution in [3.8, 4) is 5.75 Å². The number of para-hydroxylation sites is 1. The maximum atomic E-state index is 12.4. The topological polar surface area (TPSA) is 120 Å². The van der Waals surface area contributed by atoms with E-state index in [1.807, 2.05) is 43.3 Å². The number of carboxylic acids is 2. The molecule has 0 bridgehead atoms. The average molecular weight is 442 g/mol. The Morgan fingerprint density at radius 2 is 1.66 bits per heavy atom. The van der Waals surface area contributed by atoms with Crippen molar-refractivity contribution < 1.29 is 34.7 Å². The van der Waals surface area contributed by atoms with E-state index >= 15 is 0 Å². The van der Waals surface area contributed by atoms with Gasteiger partial charge in [0.25, 0.3) is 0 Å². The Morgan fingerprint density at radius 3 is 2.22 bits per heavy atom. The number of rotatable bonds is 10. The number of hydrogen-bond acceptors (Lipinski definition) is 5. The van der Waals surface area contributed by atoms with Crippen LogP contribution in [0.1, 0.15) is 40.4 Å². The first kappa shape index (κ1) is 26.6. The van der Waals surface area contributed by atoms with Crippen LogP contribution in [0.15, 0.2) is 54.6 Å². The molecule has 0 aromatic heterocycles. The Kier molecular flexibility index (Phi) is 11.4. The van der Waals surface area contributed by atoms with Crippen molar-refractivity contribution >= 4 is 17.7 Å². The van der Waals surface area contributed by atoms with Crippen LogP contribution in [0.4, 0.5) is 0 Å². The molecule has 0 radical (unpaired) electrons. The minimum Gasteiger partial charge on any atom is -0.545 e. The fraction of sp³-hybridized carbons (Fsp3) is 0.320. The van der Waals surface area contributed by atoms with Gasteiger partial charge >= 0.3 is 5.97 Å². The molecule has 0 fully saturated rings. The molecule has 3 N–H and O–H groups in total. The van der Waals surface area contributed by atoms with Crippen molar-refractivity contribution in [2.75, 3.05) is 13.2 Å². The predicted octanol–water partition coefficient (Wildman–Crippen LogP) is 1.59. The van der Waals surface area contributed by atoms with E-state index < -0.39 is 11.9 Å². The highest BCUT2D eigenvalue weighted by atomic mass is 16.5. The molecule has 0 amide bonds. The van der Waals surface area contributed by atoms with Crippen molar-refractivity contribution in [2.45, 2.75) is 40.2 Å². The number of Topliss-reactive ketones (excluding diaryl/α,β-unsaturated/α-hetero) is 1.